The second kappa shape index (κ2) is 7.80. The van der Waals surface area contributed by atoms with Crippen molar-refractivity contribution in [3.63, 3.8) is 0 Å². The number of anilines is 1. The summed E-state index contributed by atoms with van der Waals surface area (Å²) < 4.78 is 2.76. The van der Waals surface area contributed by atoms with Crippen molar-refractivity contribution in [1.82, 2.24) is 24.0 Å². The lowest BCUT2D eigenvalue weighted by atomic mass is 10.1. The van der Waals surface area contributed by atoms with Gasteiger partial charge in [-0.15, -0.1) is 0 Å². The number of imidazole rings is 1. The number of carbonyl (C=O) groups excluding carboxylic acids is 1. The average molecular weight is 427 g/mol. The molecule has 3 heterocycles. The van der Waals surface area contributed by atoms with Gasteiger partial charge in [-0.25, -0.2) is 4.79 Å². The first-order chi connectivity index (χ1) is 14.8. The van der Waals surface area contributed by atoms with Crippen molar-refractivity contribution in [3.8, 4) is 0 Å². The Morgan fingerprint density at radius 1 is 1.13 bits per heavy atom. The standard InChI is InChI=1S/C19H21N7O5/c1-22-7-9-24(10-8-22)18-20-16-15(17(28)21-19(29)23(16)2)25(18)11-14(27)12-3-5-13(6-4-12)26(30)31/h3-6H,7-11H2,1-2H3,(H,21,28,29). The molecular weight excluding hydrogens is 406 g/mol. The van der Waals surface area contributed by atoms with E-state index in [1.165, 1.54) is 40.4 Å². The van der Waals surface area contributed by atoms with Gasteiger partial charge < -0.3 is 9.80 Å². The fourth-order valence-electron chi connectivity index (χ4n) is 3.62. The number of non-ortho nitro benzene ring substituents is 1. The van der Waals surface area contributed by atoms with Crippen molar-refractivity contribution in [1.29, 1.82) is 0 Å². The van der Waals surface area contributed by atoms with Gasteiger partial charge in [-0.2, -0.15) is 4.98 Å². The van der Waals surface area contributed by atoms with Crippen LogP contribution in [0, 0.1) is 10.1 Å². The summed E-state index contributed by atoms with van der Waals surface area (Å²) in [6.07, 6.45) is 0. The highest BCUT2D eigenvalue weighted by Crippen LogP contribution is 2.22. The number of benzene rings is 1. The summed E-state index contributed by atoms with van der Waals surface area (Å²) in [6.45, 7) is 2.68. The zero-order valence-corrected chi connectivity index (χ0v) is 17.1. The minimum Gasteiger partial charge on any atom is -0.340 e. The Labute approximate surface area is 175 Å². The van der Waals surface area contributed by atoms with E-state index in [1.807, 2.05) is 11.9 Å². The zero-order chi connectivity index (χ0) is 22.3. The molecule has 12 nitrogen and oxygen atoms in total. The summed E-state index contributed by atoms with van der Waals surface area (Å²) in [4.78, 5) is 58.9. The molecule has 1 saturated heterocycles. The summed E-state index contributed by atoms with van der Waals surface area (Å²) in [5.41, 5.74) is -0.728. The molecule has 1 aliphatic heterocycles. The Morgan fingerprint density at radius 2 is 1.77 bits per heavy atom. The van der Waals surface area contributed by atoms with Crippen LogP contribution in [0.25, 0.3) is 11.2 Å². The molecule has 0 amide bonds. The molecule has 2 aromatic heterocycles. The number of nitro benzene ring substituents is 1. The molecule has 4 rings (SSSR count). The fraction of sp³-hybridized carbons (Fsp3) is 0.368. The predicted octanol–water partition coefficient (Wildman–Crippen LogP) is -0.0338. The maximum absolute atomic E-state index is 13.0. The lowest BCUT2D eigenvalue weighted by Gasteiger charge is -2.33. The summed E-state index contributed by atoms with van der Waals surface area (Å²) in [5, 5.41) is 10.9. The van der Waals surface area contributed by atoms with Gasteiger partial charge in [0.25, 0.3) is 11.2 Å². The number of carbonyl (C=O) groups is 1. The van der Waals surface area contributed by atoms with Crippen molar-refractivity contribution in [3.05, 3.63) is 60.8 Å². The number of hydrogen-bond acceptors (Lipinski definition) is 8. The molecule has 1 fully saturated rings. The van der Waals surface area contributed by atoms with Crippen LogP contribution in [0.5, 0.6) is 0 Å². The normalized spacial score (nSPS) is 14.8. The van der Waals surface area contributed by atoms with Crippen LogP contribution in [0.15, 0.2) is 33.9 Å². The minimum absolute atomic E-state index is 0.116. The monoisotopic (exact) mass is 427 g/mol. The third-order valence-electron chi connectivity index (χ3n) is 5.47. The first-order valence-corrected chi connectivity index (χ1v) is 9.67. The van der Waals surface area contributed by atoms with Gasteiger partial charge in [0.1, 0.15) is 0 Å². The quantitative estimate of drug-likeness (QED) is 0.340. The van der Waals surface area contributed by atoms with Crippen LogP contribution in [0.1, 0.15) is 10.4 Å². The lowest BCUT2D eigenvalue weighted by molar-refractivity contribution is -0.384. The molecule has 31 heavy (non-hydrogen) atoms. The fourth-order valence-corrected chi connectivity index (χ4v) is 3.62. The highest BCUT2D eigenvalue weighted by molar-refractivity contribution is 5.97. The van der Waals surface area contributed by atoms with Gasteiger partial charge in [0.15, 0.2) is 16.9 Å². The molecule has 1 aliphatic rings. The highest BCUT2D eigenvalue weighted by atomic mass is 16.6. The van der Waals surface area contributed by atoms with E-state index in [2.05, 4.69) is 14.9 Å². The number of aromatic nitrogens is 4. The molecule has 1 N–H and O–H groups in total. The highest BCUT2D eigenvalue weighted by Gasteiger charge is 2.25. The number of aromatic amines is 1. The van der Waals surface area contributed by atoms with Gasteiger partial charge in [0.05, 0.1) is 11.5 Å². The third-order valence-corrected chi connectivity index (χ3v) is 5.47. The number of likely N-dealkylation sites (N-methyl/N-ethyl adjacent to an activating group) is 1. The second-order valence-electron chi connectivity index (χ2n) is 7.51. The van der Waals surface area contributed by atoms with E-state index in [1.54, 1.807) is 0 Å². The largest absolute Gasteiger partial charge is 0.340 e. The molecule has 0 unspecified atom stereocenters. The molecule has 162 valence electrons. The Bertz CT molecular complexity index is 1280. The SMILES string of the molecule is CN1CCN(c2nc3c(c(=O)[nH]c(=O)n3C)n2CC(=O)c2ccc([N+](=O)[O-])cc2)CC1. The van der Waals surface area contributed by atoms with Gasteiger partial charge in [-0.3, -0.25) is 33.8 Å². The number of aryl methyl sites for hydroxylation is 1. The Kier molecular flexibility index (Phi) is 5.15. The number of H-pyrrole nitrogens is 1. The van der Waals surface area contributed by atoms with Crippen molar-refractivity contribution >= 4 is 28.6 Å². The van der Waals surface area contributed by atoms with E-state index < -0.39 is 16.2 Å². The van der Waals surface area contributed by atoms with Crippen LogP contribution in [0.4, 0.5) is 11.6 Å². The molecule has 0 spiro atoms. The van der Waals surface area contributed by atoms with E-state index in [4.69, 9.17) is 0 Å². The van der Waals surface area contributed by atoms with Gasteiger partial charge in [0.2, 0.25) is 5.95 Å². The topological polar surface area (TPSA) is 139 Å². The Morgan fingerprint density at radius 3 is 2.39 bits per heavy atom. The van der Waals surface area contributed by atoms with Crippen LogP contribution < -0.4 is 16.1 Å². The van der Waals surface area contributed by atoms with Gasteiger partial charge in [0, 0.05) is 50.9 Å². The van der Waals surface area contributed by atoms with Crippen LogP contribution in [0.2, 0.25) is 0 Å². The maximum atomic E-state index is 13.0. The number of hydrogen-bond donors (Lipinski definition) is 1. The summed E-state index contributed by atoms with van der Waals surface area (Å²) in [7, 11) is 3.51. The average Bonchev–Trinajstić information content (AvgIpc) is 3.12. The van der Waals surface area contributed by atoms with E-state index in [0.29, 0.717) is 19.0 Å². The van der Waals surface area contributed by atoms with Crippen LogP contribution in [0.3, 0.4) is 0 Å². The number of nitrogens with one attached hydrogen (secondary N) is 1. The predicted molar refractivity (Wildman–Crippen MR) is 113 cm³/mol. The number of fused-ring (bicyclic) bond motifs is 1. The summed E-state index contributed by atoms with van der Waals surface area (Å²) >= 11 is 0. The van der Waals surface area contributed by atoms with Crippen LogP contribution in [-0.4, -0.2) is 67.9 Å². The van der Waals surface area contributed by atoms with E-state index >= 15 is 0 Å². The van der Waals surface area contributed by atoms with Crippen molar-refractivity contribution in [2.45, 2.75) is 6.54 Å². The second-order valence-corrected chi connectivity index (χ2v) is 7.51. The lowest BCUT2D eigenvalue weighted by Crippen LogP contribution is -2.45. The molecule has 0 aliphatic carbocycles. The van der Waals surface area contributed by atoms with E-state index in [9.17, 15) is 24.5 Å². The molecular formula is C19H21N7O5. The Balaban J connectivity index is 1.79. The molecule has 12 heteroatoms. The van der Waals surface area contributed by atoms with Crippen molar-refractivity contribution < 1.29 is 9.72 Å². The Hall–Kier alpha value is -3.80. The van der Waals surface area contributed by atoms with Crippen molar-refractivity contribution in [2.24, 2.45) is 7.05 Å². The molecule has 0 bridgehead atoms. The molecule has 3 aromatic rings. The molecule has 0 radical (unpaired) electrons. The molecule has 0 saturated carbocycles. The van der Waals surface area contributed by atoms with E-state index in [0.717, 1.165) is 13.1 Å². The molecule has 0 atom stereocenters. The maximum Gasteiger partial charge on any atom is 0.329 e. The van der Waals surface area contributed by atoms with Gasteiger partial charge >= 0.3 is 5.69 Å². The summed E-state index contributed by atoms with van der Waals surface area (Å²) in [5.74, 6) is 0.0999. The minimum atomic E-state index is -0.623. The number of rotatable bonds is 5. The number of nitrogens with zero attached hydrogens (tertiary/aromatic N) is 6. The summed E-state index contributed by atoms with van der Waals surface area (Å²) in [6, 6.07) is 5.29. The zero-order valence-electron chi connectivity index (χ0n) is 17.1. The van der Waals surface area contributed by atoms with Gasteiger partial charge in [-0.05, 0) is 19.2 Å². The van der Waals surface area contributed by atoms with E-state index in [-0.39, 0.29) is 34.7 Å². The molecule has 1 aromatic carbocycles. The first kappa shape index (κ1) is 20.5. The van der Waals surface area contributed by atoms with Crippen LogP contribution >= 0.6 is 0 Å². The van der Waals surface area contributed by atoms with Gasteiger partial charge in [-0.1, -0.05) is 0 Å². The third kappa shape index (κ3) is 3.72. The first-order valence-electron chi connectivity index (χ1n) is 9.67. The number of piperazine rings is 1. The number of ketones is 1. The van der Waals surface area contributed by atoms with Crippen LogP contribution in [-0.2, 0) is 13.6 Å². The number of Topliss-reactive ketones (excluding diaryl/α,β-unsaturated/α-hetero) is 1. The number of nitro groups is 1. The van der Waals surface area contributed by atoms with Crippen molar-refractivity contribution in [2.75, 3.05) is 38.1 Å². The smallest absolute Gasteiger partial charge is 0.329 e.